The zero-order valence-corrected chi connectivity index (χ0v) is 10.1. The van der Waals surface area contributed by atoms with E-state index in [-0.39, 0.29) is 0 Å². The molecule has 0 radical (unpaired) electrons. The highest BCUT2D eigenvalue weighted by Crippen LogP contribution is 2.14. The molecule has 1 aromatic heterocycles. The monoisotopic (exact) mass is 230 g/mol. The van der Waals surface area contributed by atoms with E-state index >= 15 is 0 Å². The summed E-state index contributed by atoms with van der Waals surface area (Å²) in [6.07, 6.45) is 3.27. The molecule has 1 heterocycles. The number of rotatable bonds is 5. The summed E-state index contributed by atoms with van der Waals surface area (Å²) in [6, 6.07) is 10.1. The molecule has 4 nitrogen and oxygen atoms in total. The zero-order chi connectivity index (χ0) is 12.1. The van der Waals surface area contributed by atoms with Gasteiger partial charge in [-0.2, -0.15) is 0 Å². The topological polar surface area (TPSA) is 56.7 Å². The number of hydrogen-bond donors (Lipinski definition) is 1. The third-order valence-corrected chi connectivity index (χ3v) is 2.80. The van der Waals surface area contributed by atoms with Crippen LogP contribution in [0.2, 0.25) is 0 Å². The molecule has 0 aliphatic rings. The lowest BCUT2D eigenvalue weighted by molar-refractivity contribution is 0.714. The van der Waals surface area contributed by atoms with Crippen molar-refractivity contribution in [3.05, 3.63) is 41.7 Å². The number of nitrogens with zero attached hydrogens (tertiary/aromatic N) is 3. The molecule has 1 aromatic carbocycles. The first-order chi connectivity index (χ1) is 8.36. The van der Waals surface area contributed by atoms with Crippen molar-refractivity contribution in [2.75, 3.05) is 0 Å². The van der Waals surface area contributed by atoms with E-state index in [2.05, 4.69) is 17.2 Å². The number of unbranched alkanes of at least 4 members (excludes halogenated alkanes) is 1. The van der Waals surface area contributed by atoms with Gasteiger partial charge >= 0.3 is 0 Å². The molecule has 0 fully saturated rings. The van der Waals surface area contributed by atoms with Crippen molar-refractivity contribution in [1.29, 1.82) is 0 Å². The maximum absolute atomic E-state index is 5.70. The number of aromatic nitrogens is 3. The number of para-hydroxylation sites is 1. The Kier molecular flexibility index (Phi) is 3.88. The van der Waals surface area contributed by atoms with Gasteiger partial charge < -0.3 is 5.73 Å². The molecule has 0 aliphatic carbocycles. The van der Waals surface area contributed by atoms with Crippen LogP contribution in [-0.4, -0.2) is 15.0 Å². The summed E-state index contributed by atoms with van der Waals surface area (Å²) in [5, 5.41) is 8.35. The molecule has 2 N–H and O–H groups in total. The standard InChI is InChI=1S/C13H18N4/c1-2-3-9-13-12(10-14)15-16-17(13)11-7-5-4-6-8-11/h4-8H,2-3,9-10,14H2,1H3. The lowest BCUT2D eigenvalue weighted by Crippen LogP contribution is -2.06. The summed E-state index contributed by atoms with van der Waals surface area (Å²) >= 11 is 0. The van der Waals surface area contributed by atoms with E-state index in [9.17, 15) is 0 Å². The minimum absolute atomic E-state index is 0.450. The van der Waals surface area contributed by atoms with Gasteiger partial charge in [-0.1, -0.05) is 36.8 Å². The Morgan fingerprint density at radius 3 is 2.65 bits per heavy atom. The fourth-order valence-corrected chi connectivity index (χ4v) is 1.86. The summed E-state index contributed by atoms with van der Waals surface area (Å²) in [5.41, 5.74) is 8.79. The van der Waals surface area contributed by atoms with Gasteiger partial charge in [-0.25, -0.2) is 4.68 Å². The Balaban J connectivity index is 2.36. The van der Waals surface area contributed by atoms with Crippen molar-refractivity contribution in [3.8, 4) is 5.69 Å². The highest BCUT2D eigenvalue weighted by Gasteiger charge is 2.11. The van der Waals surface area contributed by atoms with Gasteiger partial charge in [-0.05, 0) is 25.0 Å². The van der Waals surface area contributed by atoms with Crippen LogP contribution in [0.1, 0.15) is 31.2 Å². The number of benzene rings is 1. The Bertz CT molecular complexity index is 462. The van der Waals surface area contributed by atoms with Crippen LogP contribution in [0.15, 0.2) is 30.3 Å². The second-order valence-corrected chi connectivity index (χ2v) is 4.04. The van der Waals surface area contributed by atoms with Crippen molar-refractivity contribution in [2.45, 2.75) is 32.7 Å². The van der Waals surface area contributed by atoms with Gasteiger partial charge in [0.2, 0.25) is 0 Å². The minimum Gasteiger partial charge on any atom is -0.325 e. The normalized spacial score (nSPS) is 10.7. The smallest absolute Gasteiger partial charge is 0.0999 e. The molecule has 0 unspecified atom stereocenters. The molecule has 17 heavy (non-hydrogen) atoms. The van der Waals surface area contributed by atoms with Crippen LogP contribution in [0, 0.1) is 0 Å². The van der Waals surface area contributed by atoms with Crippen LogP contribution in [0.4, 0.5) is 0 Å². The maximum atomic E-state index is 5.70. The van der Waals surface area contributed by atoms with Crippen molar-refractivity contribution in [3.63, 3.8) is 0 Å². The van der Waals surface area contributed by atoms with Crippen LogP contribution in [0.5, 0.6) is 0 Å². The van der Waals surface area contributed by atoms with Gasteiger partial charge in [0, 0.05) is 6.54 Å². The molecule has 90 valence electrons. The van der Waals surface area contributed by atoms with E-state index in [1.807, 2.05) is 35.0 Å². The second kappa shape index (κ2) is 5.59. The van der Waals surface area contributed by atoms with E-state index in [1.165, 1.54) is 0 Å². The maximum Gasteiger partial charge on any atom is 0.0999 e. The van der Waals surface area contributed by atoms with Crippen molar-refractivity contribution >= 4 is 0 Å². The van der Waals surface area contributed by atoms with Gasteiger partial charge in [0.25, 0.3) is 0 Å². The van der Waals surface area contributed by atoms with Crippen LogP contribution in [0.3, 0.4) is 0 Å². The third-order valence-electron chi connectivity index (χ3n) is 2.80. The first-order valence-electron chi connectivity index (χ1n) is 6.05. The van der Waals surface area contributed by atoms with E-state index in [1.54, 1.807) is 0 Å². The summed E-state index contributed by atoms with van der Waals surface area (Å²) < 4.78 is 1.90. The van der Waals surface area contributed by atoms with Crippen LogP contribution in [0.25, 0.3) is 5.69 Å². The predicted molar refractivity (Wildman–Crippen MR) is 67.9 cm³/mol. The summed E-state index contributed by atoms with van der Waals surface area (Å²) in [5.74, 6) is 0. The molecule has 0 saturated heterocycles. The Labute approximate surface area is 101 Å². The molecular weight excluding hydrogens is 212 g/mol. The lowest BCUT2D eigenvalue weighted by atomic mass is 10.1. The zero-order valence-electron chi connectivity index (χ0n) is 10.1. The average Bonchev–Trinajstić information content (AvgIpc) is 2.80. The van der Waals surface area contributed by atoms with Gasteiger partial charge in [0.15, 0.2) is 0 Å². The molecule has 0 spiro atoms. The Morgan fingerprint density at radius 1 is 1.24 bits per heavy atom. The molecule has 2 aromatic rings. The molecule has 0 bridgehead atoms. The second-order valence-electron chi connectivity index (χ2n) is 4.04. The quantitative estimate of drug-likeness (QED) is 0.855. The van der Waals surface area contributed by atoms with Crippen LogP contribution < -0.4 is 5.73 Å². The van der Waals surface area contributed by atoms with Crippen molar-refractivity contribution in [2.24, 2.45) is 5.73 Å². The minimum atomic E-state index is 0.450. The lowest BCUT2D eigenvalue weighted by Gasteiger charge is -2.06. The van der Waals surface area contributed by atoms with Gasteiger partial charge in [0.05, 0.1) is 17.1 Å². The van der Waals surface area contributed by atoms with E-state index in [4.69, 9.17) is 5.73 Å². The molecule has 0 saturated carbocycles. The highest BCUT2D eigenvalue weighted by molar-refractivity contribution is 5.33. The van der Waals surface area contributed by atoms with Crippen LogP contribution in [-0.2, 0) is 13.0 Å². The number of hydrogen-bond acceptors (Lipinski definition) is 3. The van der Waals surface area contributed by atoms with Gasteiger partial charge in [-0.15, -0.1) is 5.10 Å². The first kappa shape index (κ1) is 11.8. The summed E-state index contributed by atoms with van der Waals surface area (Å²) in [6.45, 7) is 2.63. The van der Waals surface area contributed by atoms with E-state index in [0.717, 1.165) is 36.3 Å². The molecule has 0 atom stereocenters. The van der Waals surface area contributed by atoms with E-state index in [0.29, 0.717) is 6.54 Å². The molecule has 2 rings (SSSR count). The summed E-state index contributed by atoms with van der Waals surface area (Å²) in [7, 11) is 0. The molecule has 0 aliphatic heterocycles. The molecular formula is C13H18N4. The third kappa shape index (κ3) is 2.53. The van der Waals surface area contributed by atoms with Gasteiger partial charge in [-0.3, -0.25) is 0 Å². The average molecular weight is 230 g/mol. The fraction of sp³-hybridized carbons (Fsp3) is 0.385. The predicted octanol–water partition coefficient (Wildman–Crippen LogP) is 2.07. The Morgan fingerprint density at radius 2 is 2.00 bits per heavy atom. The molecule has 4 heteroatoms. The largest absolute Gasteiger partial charge is 0.325 e. The summed E-state index contributed by atoms with van der Waals surface area (Å²) in [4.78, 5) is 0. The van der Waals surface area contributed by atoms with Crippen molar-refractivity contribution in [1.82, 2.24) is 15.0 Å². The van der Waals surface area contributed by atoms with Crippen molar-refractivity contribution < 1.29 is 0 Å². The fourth-order valence-electron chi connectivity index (χ4n) is 1.86. The number of nitrogens with two attached hydrogens (primary N) is 1. The van der Waals surface area contributed by atoms with Gasteiger partial charge in [0.1, 0.15) is 0 Å². The molecule has 0 amide bonds. The Hall–Kier alpha value is -1.68. The van der Waals surface area contributed by atoms with Crippen LogP contribution >= 0.6 is 0 Å². The highest BCUT2D eigenvalue weighted by atomic mass is 15.4. The SMILES string of the molecule is CCCCc1c(CN)nnn1-c1ccccc1. The van der Waals surface area contributed by atoms with E-state index < -0.39 is 0 Å². The first-order valence-corrected chi connectivity index (χ1v) is 6.05.